The summed E-state index contributed by atoms with van der Waals surface area (Å²) in [7, 11) is 0. The molecule has 5 nitrogen and oxygen atoms in total. The van der Waals surface area contributed by atoms with Gasteiger partial charge in [0.25, 0.3) is 0 Å². The quantitative estimate of drug-likeness (QED) is 0.378. The lowest BCUT2D eigenvalue weighted by Crippen LogP contribution is -2.14. The summed E-state index contributed by atoms with van der Waals surface area (Å²) in [5, 5.41) is 3.82. The normalized spacial score (nSPS) is 12.7. The minimum atomic E-state index is -0.461. The number of hydrogen-bond acceptors (Lipinski definition) is 3. The third-order valence-corrected chi connectivity index (χ3v) is 6.54. The first-order valence-electron chi connectivity index (χ1n) is 11.0. The van der Waals surface area contributed by atoms with Gasteiger partial charge in [0.2, 0.25) is 11.8 Å². The molecule has 0 saturated heterocycles. The van der Waals surface area contributed by atoms with E-state index in [0.717, 1.165) is 49.7 Å². The van der Waals surface area contributed by atoms with Crippen molar-refractivity contribution in [2.75, 3.05) is 0 Å². The van der Waals surface area contributed by atoms with Crippen LogP contribution in [0.3, 0.4) is 0 Å². The second kappa shape index (κ2) is 7.46. The topological polar surface area (TPSA) is 95.4 Å². The van der Waals surface area contributed by atoms with Gasteiger partial charge in [0.05, 0.1) is 0 Å². The molecule has 2 amide bonds. The Morgan fingerprint density at radius 3 is 1.59 bits per heavy atom. The molecule has 0 radical (unpaired) electrons. The fourth-order valence-corrected chi connectivity index (χ4v) is 4.99. The van der Waals surface area contributed by atoms with E-state index in [1.807, 2.05) is 66.7 Å². The van der Waals surface area contributed by atoms with Crippen LogP contribution in [0.15, 0.2) is 91.0 Å². The lowest BCUT2D eigenvalue weighted by atomic mass is 9.78. The van der Waals surface area contributed by atoms with Gasteiger partial charge in [0, 0.05) is 28.2 Å². The second-order valence-electron chi connectivity index (χ2n) is 8.50. The largest absolute Gasteiger partial charge is 0.457 e. The van der Waals surface area contributed by atoms with Crippen molar-refractivity contribution in [3.05, 3.63) is 119 Å². The van der Waals surface area contributed by atoms with E-state index in [-0.39, 0.29) is 5.92 Å². The van der Waals surface area contributed by atoms with E-state index in [2.05, 4.69) is 12.1 Å². The van der Waals surface area contributed by atoms with E-state index in [0.29, 0.717) is 11.1 Å². The molecule has 34 heavy (non-hydrogen) atoms. The van der Waals surface area contributed by atoms with Gasteiger partial charge in [0.1, 0.15) is 11.5 Å². The maximum absolute atomic E-state index is 11.8. The van der Waals surface area contributed by atoms with E-state index in [1.54, 1.807) is 12.1 Å². The zero-order valence-corrected chi connectivity index (χ0v) is 18.1. The Kier molecular flexibility index (Phi) is 4.39. The van der Waals surface area contributed by atoms with E-state index in [9.17, 15) is 9.59 Å². The first kappa shape index (κ1) is 20.0. The fourth-order valence-electron chi connectivity index (χ4n) is 4.99. The van der Waals surface area contributed by atoms with Gasteiger partial charge >= 0.3 is 0 Å². The Labute approximate surface area is 195 Å². The third kappa shape index (κ3) is 3.02. The molecular formula is C29H20N2O3. The van der Waals surface area contributed by atoms with Crippen molar-refractivity contribution >= 4 is 33.4 Å². The van der Waals surface area contributed by atoms with Crippen molar-refractivity contribution < 1.29 is 14.3 Å². The molecular weight excluding hydrogens is 424 g/mol. The van der Waals surface area contributed by atoms with Gasteiger partial charge < -0.3 is 16.2 Å². The summed E-state index contributed by atoms with van der Waals surface area (Å²) in [6.07, 6.45) is 0. The van der Waals surface area contributed by atoms with Crippen LogP contribution in [0.5, 0.6) is 11.5 Å². The number of fused-ring (bicyclic) bond motifs is 6. The lowest BCUT2D eigenvalue weighted by Gasteiger charge is -2.31. The highest BCUT2D eigenvalue weighted by atomic mass is 16.5. The van der Waals surface area contributed by atoms with E-state index >= 15 is 0 Å². The molecule has 0 aromatic heterocycles. The summed E-state index contributed by atoms with van der Waals surface area (Å²) in [5.41, 5.74) is 15.1. The molecule has 0 spiro atoms. The standard InChI is InChI=1S/C29H20N2O3/c30-28(32)19-6-10-21-17(14-19)8-12-23-26(21)25(16-4-2-1-3-5-16)27-22-11-7-20(29(31)33)15-18(22)9-13-24(27)34-23/h1-15,25H,(H2,30,32)(H2,31,33). The fraction of sp³-hybridized carbons (Fsp3) is 0.0345. The number of primary amides is 2. The van der Waals surface area contributed by atoms with Crippen LogP contribution in [-0.2, 0) is 0 Å². The predicted molar refractivity (Wildman–Crippen MR) is 132 cm³/mol. The van der Waals surface area contributed by atoms with E-state index in [1.165, 1.54) is 0 Å². The molecule has 5 aromatic carbocycles. The van der Waals surface area contributed by atoms with Crippen LogP contribution in [0.4, 0.5) is 0 Å². The summed E-state index contributed by atoms with van der Waals surface area (Å²) in [5.74, 6) is 0.503. The van der Waals surface area contributed by atoms with E-state index < -0.39 is 11.8 Å². The first-order valence-corrected chi connectivity index (χ1v) is 11.0. The average molecular weight is 444 g/mol. The Morgan fingerprint density at radius 2 is 1.12 bits per heavy atom. The van der Waals surface area contributed by atoms with Crippen LogP contribution < -0.4 is 16.2 Å². The number of carbonyl (C=O) groups is 2. The summed E-state index contributed by atoms with van der Waals surface area (Å²) in [6.45, 7) is 0. The molecule has 1 heterocycles. The molecule has 164 valence electrons. The van der Waals surface area contributed by atoms with Gasteiger partial charge in [-0.2, -0.15) is 0 Å². The molecule has 0 saturated carbocycles. The van der Waals surface area contributed by atoms with Gasteiger partial charge in [-0.3, -0.25) is 9.59 Å². The average Bonchev–Trinajstić information content (AvgIpc) is 2.86. The third-order valence-electron chi connectivity index (χ3n) is 6.54. The Balaban J connectivity index is 1.69. The highest BCUT2D eigenvalue weighted by Gasteiger charge is 2.32. The number of benzene rings is 5. The van der Waals surface area contributed by atoms with Gasteiger partial charge in [-0.1, -0.05) is 54.6 Å². The van der Waals surface area contributed by atoms with Crippen LogP contribution in [0.25, 0.3) is 21.5 Å². The molecule has 4 N–H and O–H groups in total. The van der Waals surface area contributed by atoms with Crippen LogP contribution in [0.2, 0.25) is 0 Å². The maximum Gasteiger partial charge on any atom is 0.248 e. The van der Waals surface area contributed by atoms with Crippen molar-refractivity contribution in [1.29, 1.82) is 0 Å². The molecule has 0 unspecified atom stereocenters. The number of amides is 2. The molecule has 0 atom stereocenters. The van der Waals surface area contributed by atoms with Crippen LogP contribution in [0, 0.1) is 0 Å². The van der Waals surface area contributed by atoms with Gasteiger partial charge in [0.15, 0.2) is 0 Å². The van der Waals surface area contributed by atoms with Crippen molar-refractivity contribution in [2.45, 2.75) is 5.92 Å². The molecule has 0 aliphatic carbocycles. The monoisotopic (exact) mass is 444 g/mol. The number of ether oxygens (including phenoxy) is 1. The maximum atomic E-state index is 11.8. The molecule has 1 aliphatic heterocycles. The minimum Gasteiger partial charge on any atom is -0.457 e. The Hall–Kier alpha value is -4.64. The number of rotatable bonds is 3. The Bertz CT molecular complexity index is 1540. The van der Waals surface area contributed by atoms with Gasteiger partial charge in [-0.15, -0.1) is 0 Å². The number of hydrogen-bond donors (Lipinski definition) is 2. The second-order valence-corrected chi connectivity index (χ2v) is 8.50. The molecule has 5 aromatic rings. The summed E-state index contributed by atoms with van der Waals surface area (Å²) in [4.78, 5) is 23.5. The summed E-state index contributed by atoms with van der Waals surface area (Å²) in [6, 6.07) is 29.1. The zero-order chi connectivity index (χ0) is 23.4. The molecule has 0 fully saturated rings. The molecule has 5 heteroatoms. The molecule has 6 rings (SSSR count). The van der Waals surface area contributed by atoms with Crippen LogP contribution >= 0.6 is 0 Å². The molecule has 0 bridgehead atoms. The van der Waals surface area contributed by atoms with Gasteiger partial charge in [-0.05, 0) is 63.5 Å². The number of carbonyl (C=O) groups excluding carboxylic acids is 2. The Morgan fingerprint density at radius 1 is 0.618 bits per heavy atom. The predicted octanol–water partition coefficient (Wildman–Crippen LogP) is 5.48. The summed E-state index contributed by atoms with van der Waals surface area (Å²) < 4.78 is 6.42. The summed E-state index contributed by atoms with van der Waals surface area (Å²) >= 11 is 0. The first-order chi connectivity index (χ1) is 16.5. The highest BCUT2D eigenvalue weighted by molar-refractivity contribution is 6.02. The SMILES string of the molecule is NC(=O)c1ccc2c3c(ccc2c1)Oc1ccc2cc(C(N)=O)ccc2c1C3c1ccccc1. The zero-order valence-electron chi connectivity index (χ0n) is 18.1. The lowest BCUT2D eigenvalue weighted by molar-refractivity contribution is 0.0992. The number of nitrogens with two attached hydrogens (primary N) is 2. The van der Waals surface area contributed by atoms with Crippen molar-refractivity contribution in [3.63, 3.8) is 0 Å². The van der Waals surface area contributed by atoms with Crippen molar-refractivity contribution in [1.82, 2.24) is 0 Å². The van der Waals surface area contributed by atoms with Crippen molar-refractivity contribution in [2.24, 2.45) is 11.5 Å². The van der Waals surface area contributed by atoms with Gasteiger partial charge in [-0.25, -0.2) is 0 Å². The van der Waals surface area contributed by atoms with Crippen molar-refractivity contribution in [3.8, 4) is 11.5 Å². The van der Waals surface area contributed by atoms with Crippen LogP contribution in [-0.4, -0.2) is 11.8 Å². The minimum absolute atomic E-state index is 0.119. The smallest absolute Gasteiger partial charge is 0.248 e. The highest BCUT2D eigenvalue weighted by Crippen LogP contribution is 2.52. The van der Waals surface area contributed by atoms with E-state index in [4.69, 9.17) is 16.2 Å². The van der Waals surface area contributed by atoms with Crippen LogP contribution in [0.1, 0.15) is 43.3 Å². The molecule has 1 aliphatic rings.